The van der Waals surface area contributed by atoms with Gasteiger partial charge in [0.1, 0.15) is 5.82 Å². The molecule has 2 rings (SSSR count). The summed E-state index contributed by atoms with van der Waals surface area (Å²) in [5.74, 6) is -0.396. The number of benzene rings is 2. The third kappa shape index (κ3) is 3.34. The molecule has 0 spiro atoms. The Morgan fingerprint density at radius 2 is 1.84 bits per heavy atom. The minimum atomic E-state index is -0.314. The van der Waals surface area contributed by atoms with Gasteiger partial charge in [0.25, 0.3) is 0 Å². The van der Waals surface area contributed by atoms with Crippen LogP contribution in [0.3, 0.4) is 0 Å². The number of halogens is 3. The molecule has 19 heavy (non-hydrogen) atoms. The number of ketones is 1. The van der Waals surface area contributed by atoms with Crippen molar-refractivity contribution in [2.45, 2.75) is 13.3 Å². The van der Waals surface area contributed by atoms with Crippen molar-refractivity contribution in [1.29, 1.82) is 0 Å². The molecule has 0 bridgehead atoms. The van der Waals surface area contributed by atoms with Crippen LogP contribution in [0.1, 0.15) is 21.5 Å². The first-order chi connectivity index (χ1) is 8.97. The lowest BCUT2D eigenvalue weighted by Gasteiger charge is -2.05. The van der Waals surface area contributed by atoms with E-state index >= 15 is 0 Å². The Balaban J connectivity index is 2.20. The number of rotatable bonds is 3. The van der Waals surface area contributed by atoms with Gasteiger partial charge in [-0.25, -0.2) is 4.39 Å². The monoisotopic (exact) mass is 296 g/mol. The third-order valence-electron chi connectivity index (χ3n) is 2.83. The molecule has 0 atom stereocenters. The maximum atomic E-state index is 13.1. The van der Waals surface area contributed by atoms with Gasteiger partial charge in [-0.05, 0) is 48.4 Å². The van der Waals surface area contributed by atoms with E-state index in [4.69, 9.17) is 23.2 Å². The Labute approximate surface area is 121 Å². The van der Waals surface area contributed by atoms with E-state index in [0.29, 0.717) is 21.2 Å². The molecule has 0 fully saturated rings. The fourth-order valence-electron chi connectivity index (χ4n) is 1.76. The second-order valence-corrected chi connectivity index (χ2v) is 5.13. The predicted molar refractivity (Wildman–Crippen MR) is 75.6 cm³/mol. The molecule has 0 saturated carbocycles. The number of hydrogen-bond acceptors (Lipinski definition) is 1. The van der Waals surface area contributed by atoms with Crippen LogP contribution in [-0.4, -0.2) is 5.78 Å². The van der Waals surface area contributed by atoms with Crippen LogP contribution in [-0.2, 0) is 6.42 Å². The normalized spacial score (nSPS) is 10.5. The van der Waals surface area contributed by atoms with Gasteiger partial charge >= 0.3 is 0 Å². The van der Waals surface area contributed by atoms with E-state index in [1.54, 1.807) is 31.2 Å². The molecule has 0 saturated heterocycles. The second kappa shape index (κ2) is 5.72. The molecule has 0 aliphatic rings. The first-order valence-electron chi connectivity index (χ1n) is 5.70. The van der Waals surface area contributed by atoms with Gasteiger partial charge in [0.2, 0.25) is 0 Å². The summed E-state index contributed by atoms with van der Waals surface area (Å²) in [7, 11) is 0. The van der Waals surface area contributed by atoms with Crippen molar-refractivity contribution in [3.8, 4) is 0 Å². The zero-order valence-corrected chi connectivity index (χ0v) is 11.7. The highest BCUT2D eigenvalue weighted by Gasteiger charge is 2.10. The van der Waals surface area contributed by atoms with Gasteiger partial charge in [-0.3, -0.25) is 4.79 Å². The average Bonchev–Trinajstić information content (AvgIpc) is 2.37. The fourth-order valence-corrected chi connectivity index (χ4v) is 2.08. The molecule has 0 amide bonds. The molecule has 2 aromatic rings. The highest BCUT2D eigenvalue weighted by Crippen LogP contribution is 2.23. The van der Waals surface area contributed by atoms with Crippen molar-refractivity contribution in [3.63, 3.8) is 0 Å². The highest BCUT2D eigenvalue weighted by atomic mass is 35.5. The van der Waals surface area contributed by atoms with Gasteiger partial charge in [-0.15, -0.1) is 0 Å². The fraction of sp³-hybridized carbons (Fsp3) is 0.133. The molecular weight excluding hydrogens is 286 g/mol. The number of aryl methyl sites for hydroxylation is 1. The van der Waals surface area contributed by atoms with Gasteiger partial charge in [0.15, 0.2) is 5.78 Å². The molecule has 98 valence electrons. The van der Waals surface area contributed by atoms with Crippen molar-refractivity contribution >= 4 is 29.0 Å². The van der Waals surface area contributed by atoms with E-state index in [1.165, 1.54) is 12.1 Å². The molecule has 1 nitrogen and oxygen atoms in total. The zero-order chi connectivity index (χ0) is 14.0. The van der Waals surface area contributed by atoms with E-state index in [0.717, 1.165) is 5.56 Å². The summed E-state index contributed by atoms with van der Waals surface area (Å²) in [6.45, 7) is 1.63. The van der Waals surface area contributed by atoms with Crippen LogP contribution in [0, 0.1) is 12.7 Å². The Morgan fingerprint density at radius 1 is 1.11 bits per heavy atom. The summed E-state index contributed by atoms with van der Waals surface area (Å²) >= 11 is 11.7. The van der Waals surface area contributed by atoms with Gasteiger partial charge in [-0.1, -0.05) is 29.3 Å². The minimum Gasteiger partial charge on any atom is -0.294 e. The summed E-state index contributed by atoms with van der Waals surface area (Å²) in [6.07, 6.45) is 0.210. The summed E-state index contributed by atoms with van der Waals surface area (Å²) in [6, 6.07) is 9.41. The summed E-state index contributed by atoms with van der Waals surface area (Å²) in [4.78, 5) is 12.1. The molecule has 0 N–H and O–H groups in total. The molecular formula is C15H11Cl2FO. The number of Topliss-reactive ketones (excluding diaryl/α,β-unsaturated/α-hetero) is 1. The zero-order valence-electron chi connectivity index (χ0n) is 10.2. The summed E-state index contributed by atoms with van der Waals surface area (Å²) in [5.41, 5.74) is 1.73. The topological polar surface area (TPSA) is 17.1 Å². The van der Waals surface area contributed by atoms with Crippen molar-refractivity contribution in [2.75, 3.05) is 0 Å². The second-order valence-electron chi connectivity index (χ2n) is 4.31. The van der Waals surface area contributed by atoms with Crippen molar-refractivity contribution in [1.82, 2.24) is 0 Å². The van der Waals surface area contributed by atoms with Crippen LogP contribution < -0.4 is 0 Å². The Morgan fingerprint density at radius 3 is 2.47 bits per heavy atom. The molecule has 0 radical (unpaired) electrons. The minimum absolute atomic E-state index is 0.0820. The van der Waals surface area contributed by atoms with E-state index < -0.39 is 0 Å². The van der Waals surface area contributed by atoms with Crippen LogP contribution in [0.4, 0.5) is 4.39 Å². The lowest BCUT2D eigenvalue weighted by atomic mass is 10.0. The molecule has 4 heteroatoms. The van der Waals surface area contributed by atoms with Gasteiger partial charge in [0, 0.05) is 12.0 Å². The van der Waals surface area contributed by atoms with Crippen molar-refractivity contribution in [2.24, 2.45) is 0 Å². The lowest BCUT2D eigenvalue weighted by molar-refractivity contribution is 0.0993. The number of hydrogen-bond donors (Lipinski definition) is 0. The van der Waals surface area contributed by atoms with Gasteiger partial charge in [-0.2, -0.15) is 0 Å². The van der Waals surface area contributed by atoms with Crippen LogP contribution in [0.5, 0.6) is 0 Å². The molecule has 2 aromatic carbocycles. The third-order valence-corrected chi connectivity index (χ3v) is 3.57. The van der Waals surface area contributed by atoms with E-state index in [9.17, 15) is 9.18 Å². The predicted octanol–water partition coefficient (Wildman–Crippen LogP) is 4.87. The molecule has 0 heterocycles. The van der Waals surface area contributed by atoms with Crippen LogP contribution in [0.15, 0.2) is 36.4 Å². The Kier molecular flexibility index (Phi) is 4.23. The summed E-state index contributed by atoms with van der Waals surface area (Å²) in [5, 5.41) is 0.873. The van der Waals surface area contributed by atoms with Gasteiger partial charge in [0.05, 0.1) is 10.0 Å². The molecule has 0 aliphatic carbocycles. The number of carbonyl (C=O) groups is 1. The maximum absolute atomic E-state index is 13.1. The Bertz CT molecular complexity index is 638. The quantitative estimate of drug-likeness (QED) is 0.739. The van der Waals surface area contributed by atoms with E-state index in [-0.39, 0.29) is 18.0 Å². The molecule has 0 unspecified atom stereocenters. The number of carbonyl (C=O) groups excluding carboxylic acids is 1. The smallest absolute Gasteiger partial charge is 0.167 e. The van der Waals surface area contributed by atoms with E-state index in [1.807, 2.05) is 0 Å². The Hall–Kier alpha value is -1.38. The lowest BCUT2D eigenvalue weighted by Crippen LogP contribution is -2.04. The first kappa shape index (κ1) is 14.0. The largest absolute Gasteiger partial charge is 0.294 e. The van der Waals surface area contributed by atoms with Crippen molar-refractivity contribution in [3.05, 3.63) is 69.0 Å². The van der Waals surface area contributed by atoms with Gasteiger partial charge < -0.3 is 0 Å². The standard InChI is InChI=1S/C15H11Cl2FO/c1-9-6-11(3-5-14(9)18)15(19)8-10-2-4-12(16)13(17)7-10/h2-7H,8H2,1H3. The highest BCUT2D eigenvalue weighted by molar-refractivity contribution is 6.42. The van der Waals surface area contributed by atoms with Crippen LogP contribution in [0.2, 0.25) is 10.0 Å². The SMILES string of the molecule is Cc1cc(C(=O)Cc2ccc(Cl)c(Cl)c2)ccc1F. The van der Waals surface area contributed by atoms with Crippen LogP contribution in [0.25, 0.3) is 0 Å². The van der Waals surface area contributed by atoms with E-state index in [2.05, 4.69) is 0 Å². The average molecular weight is 297 g/mol. The molecule has 0 aliphatic heterocycles. The molecule has 0 aromatic heterocycles. The maximum Gasteiger partial charge on any atom is 0.167 e. The summed E-state index contributed by atoms with van der Waals surface area (Å²) < 4.78 is 13.1. The first-order valence-corrected chi connectivity index (χ1v) is 6.46. The van der Waals surface area contributed by atoms with Crippen LogP contribution >= 0.6 is 23.2 Å². The van der Waals surface area contributed by atoms with Crippen molar-refractivity contribution < 1.29 is 9.18 Å².